The maximum Gasteiger partial charge on any atom is 0.228 e. The summed E-state index contributed by atoms with van der Waals surface area (Å²) in [4.78, 5) is 16.6. The van der Waals surface area contributed by atoms with Gasteiger partial charge in [0, 0.05) is 10.5 Å². The summed E-state index contributed by atoms with van der Waals surface area (Å²) in [7, 11) is 0. The molecule has 24 heavy (non-hydrogen) atoms. The molecule has 126 valence electrons. The van der Waals surface area contributed by atoms with Crippen molar-refractivity contribution in [1.82, 2.24) is 4.98 Å². The highest BCUT2D eigenvalue weighted by atomic mass is 79.9. The van der Waals surface area contributed by atoms with Crippen LogP contribution in [0.1, 0.15) is 37.7 Å². The number of nitrogens with one attached hydrogen (secondary N) is 2. The Kier molecular flexibility index (Phi) is 5.86. The minimum absolute atomic E-state index is 0.0447. The maximum atomic E-state index is 12.2. The van der Waals surface area contributed by atoms with Crippen molar-refractivity contribution in [2.24, 2.45) is 0 Å². The smallest absolute Gasteiger partial charge is 0.228 e. The zero-order valence-corrected chi connectivity index (χ0v) is 15.2. The summed E-state index contributed by atoms with van der Waals surface area (Å²) in [5.74, 6) is 0.836. The lowest BCUT2D eigenvalue weighted by atomic mass is 9.95. The Morgan fingerprint density at radius 3 is 2.62 bits per heavy atom. The van der Waals surface area contributed by atoms with Crippen molar-refractivity contribution in [3.8, 4) is 0 Å². The molecule has 1 aromatic heterocycles. The number of anilines is 2. The van der Waals surface area contributed by atoms with Crippen molar-refractivity contribution in [2.75, 3.05) is 10.6 Å². The van der Waals surface area contributed by atoms with Crippen LogP contribution >= 0.6 is 15.9 Å². The van der Waals surface area contributed by atoms with Gasteiger partial charge in [0.05, 0.1) is 18.3 Å². The first-order chi connectivity index (χ1) is 11.7. The van der Waals surface area contributed by atoms with Crippen molar-refractivity contribution < 1.29 is 4.79 Å². The molecule has 1 fully saturated rings. The number of hydrogen-bond acceptors (Lipinski definition) is 3. The first kappa shape index (κ1) is 17.0. The van der Waals surface area contributed by atoms with Crippen molar-refractivity contribution in [3.63, 3.8) is 0 Å². The Labute approximate surface area is 151 Å². The number of nitrogens with zero attached hydrogens (tertiary/aromatic N) is 1. The van der Waals surface area contributed by atoms with Gasteiger partial charge in [0.15, 0.2) is 0 Å². The van der Waals surface area contributed by atoms with Crippen LogP contribution in [0.5, 0.6) is 0 Å². The van der Waals surface area contributed by atoms with E-state index in [-0.39, 0.29) is 5.91 Å². The van der Waals surface area contributed by atoms with Gasteiger partial charge < -0.3 is 10.6 Å². The van der Waals surface area contributed by atoms with E-state index in [1.165, 1.54) is 32.1 Å². The highest BCUT2D eigenvalue weighted by molar-refractivity contribution is 9.10. The fourth-order valence-electron chi connectivity index (χ4n) is 3.03. The minimum atomic E-state index is -0.0447. The SMILES string of the molecule is O=C(Cc1ccccc1Br)Nc1ccc(NC2CCCCC2)nc1. The fourth-order valence-corrected chi connectivity index (χ4v) is 3.45. The molecule has 1 aromatic carbocycles. The van der Waals surface area contributed by atoms with Crippen LogP contribution in [0, 0.1) is 0 Å². The van der Waals surface area contributed by atoms with Gasteiger partial charge in [-0.2, -0.15) is 0 Å². The van der Waals surface area contributed by atoms with Crippen LogP contribution in [0.3, 0.4) is 0 Å². The molecule has 4 nitrogen and oxygen atoms in total. The largest absolute Gasteiger partial charge is 0.367 e. The average Bonchev–Trinajstić information content (AvgIpc) is 2.60. The topological polar surface area (TPSA) is 54.0 Å². The lowest BCUT2D eigenvalue weighted by Gasteiger charge is -2.23. The molecule has 0 spiro atoms. The van der Waals surface area contributed by atoms with E-state index in [9.17, 15) is 4.79 Å². The summed E-state index contributed by atoms with van der Waals surface area (Å²) < 4.78 is 0.949. The van der Waals surface area contributed by atoms with E-state index in [2.05, 4.69) is 31.5 Å². The van der Waals surface area contributed by atoms with Gasteiger partial charge in [-0.15, -0.1) is 0 Å². The molecule has 5 heteroatoms. The maximum absolute atomic E-state index is 12.2. The van der Waals surface area contributed by atoms with Gasteiger partial charge in [-0.05, 0) is 36.6 Å². The number of rotatable bonds is 5. The molecule has 0 aliphatic heterocycles. The lowest BCUT2D eigenvalue weighted by molar-refractivity contribution is -0.115. The monoisotopic (exact) mass is 387 g/mol. The molecule has 1 aliphatic rings. The Morgan fingerprint density at radius 2 is 1.92 bits per heavy atom. The Hall–Kier alpha value is -1.88. The van der Waals surface area contributed by atoms with E-state index in [1.54, 1.807) is 6.20 Å². The predicted molar refractivity (Wildman–Crippen MR) is 101 cm³/mol. The normalized spacial score (nSPS) is 15.0. The molecule has 0 bridgehead atoms. The summed E-state index contributed by atoms with van der Waals surface area (Å²) in [6.07, 6.45) is 8.40. The number of benzene rings is 1. The van der Waals surface area contributed by atoms with Crippen molar-refractivity contribution in [3.05, 3.63) is 52.6 Å². The summed E-state index contributed by atoms with van der Waals surface area (Å²) in [6.45, 7) is 0. The minimum Gasteiger partial charge on any atom is -0.367 e. The second-order valence-corrected chi connectivity index (χ2v) is 7.08. The van der Waals surface area contributed by atoms with E-state index in [4.69, 9.17) is 0 Å². The first-order valence-corrected chi connectivity index (χ1v) is 9.26. The van der Waals surface area contributed by atoms with E-state index in [0.717, 1.165) is 21.5 Å². The molecular weight excluding hydrogens is 366 g/mol. The molecule has 2 aromatic rings. The number of amides is 1. The van der Waals surface area contributed by atoms with Gasteiger partial charge in [0.2, 0.25) is 5.91 Å². The molecule has 1 saturated carbocycles. The Morgan fingerprint density at radius 1 is 1.12 bits per heavy atom. The van der Waals surface area contributed by atoms with Crippen LogP contribution in [-0.2, 0) is 11.2 Å². The number of halogens is 1. The predicted octanol–water partition coefficient (Wildman–Crippen LogP) is 4.77. The van der Waals surface area contributed by atoms with Crippen LogP contribution < -0.4 is 10.6 Å². The van der Waals surface area contributed by atoms with Crippen LogP contribution in [0.15, 0.2) is 47.1 Å². The van der Waals surface area contributed by atoms with Gasteiger partial charge in [-0.1, -0.05) is 53.4 Å². The summed E-state index contributed by atoms with van der Waals surface area (Å²) in [5.41, 5.74) is 1.69. The van der Waals surface area contributed by atoms with E-state index in [1.807, 2.05) is 36.4 Å². The summed E-state index contributed by atoms with van der Waals surface area (Å²) in [6, 6.07) is 12.1. The molecule has 0 unspecified atom stereocenters. The number of carbonyl (C=O) groups is 1. The quantitative estimate of drug-likeness (QED) is 0.776. The Balaban J connectivity index is 1.53. The van der Waals surface area contributed by atoms with Crippen LogP contribution in [0.2, 0.25) is 0 Å². The zero-order valence-electron chi connectivity index (χ0n) is 13.6. The second-order valence-electron chi connectivity index (χ2n) is 6.23. The van der Waals surface area contributed by atoms with Gasteiger partial charge in [-0.25, -0.2) is 4.98 Å². The average molecular weight is 388 g/mol. The van der Waals surface area contributed by atoms with E-state index >= 15 is 0 Å². The molecule has 0 radical (unpaired) electrons. The Bertz CT molecular complexity index is 681. The van der Waals surface area contributed by atoms with Crippen LogP contribution in [-0.4, -0.2) is 16.9 Å². The highest BCUT2D eigenvalue weighted by Gasteiger charge is 2.13. The summed E-state index contributed by atoms with van der Waals surface area (Å²) >= 11 is 3.47. The van der Waals surface area contributed by atoms with Crippen LogP contribution in [0.25, 0.3) is 0 Å². The molecule has 1 aliphatic carbocycles. The van der Waals surface area contributed by atoms with Crippen molar-refractivity contribution >= 4 is 33.3 Å². The summed E-state index contributed by atoms with van der Waals surface area (Å²) in [5, 5.41) is 6.38. The van der Waals surface area contributed by atoms with Gasteiger partial charge in [0.1, 0.15) is 5.82 Å². The van der Waals surface area contributed by atoms with Crippen LogP contribution in [0.4, 0.5) is 11.5 Å². The van der Waals surface area contributed by atoms with Gasteiger partial charge >= 0.3 is 0 Å². The number of hydrogen-bond donors (Lipinski definition) is 2. The molecule has 0 saturated heterocycles. The molecule has 3 rings (SSSR count). The standard InChI is InChI=1S/C19H22BrN3O/c20-17-9-5-4-6-14(17)12-19(24)23-16-10-11-18(21-13-16)22-15-7-2-1-3-8-15/h4-6,9-11,13,15H,1-3,7-8,12H2,(H,21,22)(H,23,24). The van der Waals surface area contributed by atoms with Crippen molar-refractivity contribution in [1.29, 1.82) is 0 Å². The second kappa shape index (κ2) is 8.29. The number of aromatic nitrogens is 1. The van der Waals surface area contributed by atoms with E-state index in [0.29, 0.717) is 12.5 Å². The lowest BCUT2D eigenvalue weighted by Crippen LogP contribution is -2.22. The molecule has 2 N–H and O–H groups in total. The third kappa shape index (κ3) is 4.81. The highest BCUT2D eigenvalue weighted by Crippen LogP contribution is 2.21. The zero-order chi connectivity index (χ0) is 16.8. The number of pyridine rings is 1. The van der Waals surface area contributed by atoms with Gasteiger partial charge in [-0.3, -0.25) is 4.79 Å². The number of carbonyl (C=O) groups excluding carboxylic acids is 1. The van der Waals surface area contributed by atoms with E-state index < -0.39 is 0 Å². The van der Waals surface area contributed by atoms with Crippen molar-refractivity contribution in [2.45, 2.75) is 44.6 Å². The third-order valence-corrected chi connectivity index (χ3v) is 5.09. The first-order valence-electron chi connectivity index (χ1n) is 8.46. The molecule has 1 heterocycles. The molecular formula is C19H22BrN3O. The fraction of sp³-hybridized carbons (Fsp3) is 0.368. The third-order valence-electron chi connectivity index (χ3n) is 4.31. The van der Waals surface area contributed by atoms with Gasteiger partial charge in [0.25, 0.3) is 0 Å². The molecule has 1 amide bonds. The molecule has 0 atom stereocenters.